The Hall–Kier alpha value is -1.14. The molecule has 0 saturated carbocycles. The molecular formula is C23H28BrClFN3O3SSi. The number of aromatic nitrogens is 3. The summed E-state index contributed by atoms with van der Waals surface area (Å²) < 4.78 is 27.0. The minimum Gasteiger partial charge on any atom is -0.366 e. The highest BCUT2D eigenvalue weighted by atomic mass is 79.9. The predicted molar refractivity (Wildman–Crippen MR) is 139 cm³/mol. The fourth-order valence-electron chi connectivity index (χ4n) is 4.12. The molecule has 1 aliphatic rings. The normalized spacial score (nSPS) is 16.7. The number of ether oxygens (including phenoxy) is 2. The summed E-state index contributed by atoms with van der Waals surface area (Å²) in [4.78, 5) is 12.5. The number of hydrogen-bond acceptors (Lipinski definition) is 6. The lowest BCUT2D eigenvalue weighted by Gasteiger charge is -2.22. The van der Waals surface area contributed by atoms with E-state index in [1.165, 1.54) is 5.56 Å². The molecule has 0 radical (unpaired) electrons. The van der Waals surface area contributed by atoms with Crippen molar-refractivity contribution < 1.29 is 19.0 Å². The first-order chi connectivity index (χ1) is 16.3. The van der Waals surface area contributed by atoms with Crippen LogP contribution in [0, 0.1) is 5.82 Å². The van der Waals surface area contributed by atoms with Gasteiger partial charge in [0.1, 0.15) is 11.9 Å². The largest absolute Gasteiger partial charge is 0.366 e. The maximum Gasteiger partial charge on any atom is 0.193 e. The average molecular weight is 589 g/mol. The summed E-state index contributed by atoms with van der Waals surface area (Å²) in [5.74, 6) is 0.362. The van der Waals surface area contributed by atoms with Gasteiger partial charge in [0.2, 0.25) is 0 Å². The van der Waals surface area contributed by atoms with Crippen molar-refractivity contribution in [3.63, 3.8) is 0 Å². The van der Waals surface area contributed by atoms with Gasteiger partial charge in [0.25, 0.3) is 0 Å². The van der Waals surface area contributed by atoms with E-state index >= 15 is 4.39 Å². The summed E-state index contributed by atoms with van der Waals surface area (Å²) in [6.07, 6.45) is 3.99. The van der Waals surface area contributed by atoms with Gasteiger partial charge < -0.3 is 19.6 Å². The molecule has 3 aromatic heterocycles. The van der Waals surface area contributed by atoms with Gasteiger partial charge in [-0.2, -0.15) is 0 Å². The van der Waals surface area contributed by atoms with Crippen molar-refractivity contribution >= 4 is 46.9 Å². The van der Waals surface area contributed by atoms with Crippen LogP contribution in [0.1, 0.15) is 40.6 Å². The van der Waals surface area contributed by atoms with Crippen LogP contribution in [0.5, 0.6) is 0 Å². The monoisotopic (exact) mass is 587 g/mol. The second-order valence-corrected chi connectivity index (χ2v) is 16.6. The van der Waals surface area contributed by atoms with Crippen LogP contribution in [0.2, 0.25) is 25.2 Å². The second kappa shape index (κ2) is 11.3. The van der Waals surface area contributed by atoms with Crippen LogP contribution in [-0.2, 0) is 15.9 Å². The van der Waals surface area contributed by atoms with Gasteiger partial charge in [-0.05, 0) is 52.5 Å². The minimum atomic E-state index is -1.54. The van der Waals surface area contributed by atoms with E-state index in [1.807, 2.05) is 0 Å². The van der Waals surface area contributed by atoms with Gasteiger partial charge in [0.05, 0.1) is 36.5 Å². The molecule has 11 heteroatoms. The Morgan fingerprint density at radius 2 is 2.12 bits per heavy atom. The maximum atomic E-state index is 15.2. The molecule has 4 rings (SSSR count). The molecule has 2 unspecified atom stereocenters. The van der Waals surface area contributed by atoms with Crippen molar-refractivity contribution in [2.45, 2.75) is 50.2 Å². The lowest BCUT2D eigenvalue weighted by molar-refractivity contribution is -0.0974. The molecule has 0 saturated heterocycles. The van der Waals surface area contributed by atoms with Crippen LogP contribution in [0.15, 0.2) is 28.3 Å². The minimum absolute atomic E-state index is 0.0642. The molecule has 3 heterocycles. The fraction of sp³-hybridized carbons (Fsp3) is 0.478. The molecule has 2 atom stereocenters. The summed E-state index contributed by atoms with van der Waals surface area (Å²) in [7, 11) is -1.54. The Balaban J connectivity index is 1.39. The van der Waals surface area contributed by atoms with Crippen LogP contribution in [0.4, 0.5) is 4.39 Å². The van der Waals surface area contributed by atoms with Crippen molar-refractivity contribution in [2.75, 3.05) is 19.3 Å². The Bertz CT molecular complexity index is 1130. The molecule has 0 fully saturated rings. The first-order valence-corrected chi connectivity index (χ1v) is 16.8. The van der Waals surface area contributed by atoms with E-state index < -0.39 is 20.2 Å². The van der Waals surface area contributed by atoms with Gasteiger partial charge in [0, 0.05) is 34.8 Å². The van der Waals surface area contributed by atoms with Gasteiger partial charge in [-0.3, -0.25) is 4.98 Å². The standard InChI is InChI=1S/C23H28BrClFN3O3SSi/c1-34(2,7-5-31-13-25)8-6-32-23(30)21-19(26)17(12-33-21)18-11-28-22(29-18)16-4-3-14-9-15(24)10-27-20(14)16/h9-12,16,23,30H,3-8,13H2,1-2H3,(H,28,29). The highest BCUT2D eigenvalue weighted by Crippen LogP contribution is 2.38. The van der Waals surface area contributed by atoms with Crippen molar-refractivity contribution in [2.24, 2.45) is 0 Å². The van der Waals surface area contributed by atoms with Crippen LogP contribution in [0.25, 0.3) is 11.3 Å². The van der Waals surface area contributed by atoms with Gasteiger partial charge in [-0.1, -0.05) is 24.7 Å². The second-order valence-electron chi connectivity index (χ2n) is 9.20. The SMILES string of the molecule is C[Si](C)(CCOCCl)CCOC(O)c1scc(-c2cnc(C3CCc4cc(Br)cnc43)[nH]2)c1F. The smallest absolute Gasteiger partial charge is 0.193 e. The molecular weight excluding hydrogens is 561 g/mol. The highest BCUT2D eigenvalue weighted by molar-refractivity contribution is 9.10. The Labute approximate surface area is 217 Å². The quantitative estimate of drug-likeness (QED) is 0.117. The van der Waals surface area contributed by atoms with Crippen molar-refractivity contribution in [1.82, 2.24) is 15.0 Å². The summed E-state index contributed by atoms with van der Waals surface area (Å²) in [5, 5.41) is 12.2. The van der Waals surface area contributed by atoms with E-state index in [1.54, 1.807) is 17.8 Å². The van der Waals surface area contributed by atoms with Gasteiger partial charge >= 0.3 is 0 Å². The third-order valence-electron chi connectivity index (χ3n) is 6.25. The van der Waals surface area contributed by atoms with Crippen LogP contribution in [0.3, 0.4) is 0 Å². The number of hydrogen-bond donors (Lipinski definition) is 2. The van der Waals surface area contributed by atoms with Crippen molar-refractivity contribution in [1.29, 1.82) is 0 Å². The van der Waals surface area contributed by atoms with E-state index in [9.17, 15) is 5.11 Å². The molecule has 0 aliphatic heterocycles. The van der Waals surface area contributed by atoms with E-state index in [-0.39, 0.29) is 16.9 Å². The van der Waals surface area contributed by atoms with Crippen LogP contribution >= 0.6 is 38.9 Å². The van der Waals surface area contributed by atoms with Crippen LogP contribution in [-0.4, -0.2) is 47.4 Å². The Kier molecular flexibility index (Phi) is 8.60. The third-order valence-corrected chi connectivity index (χ3v) is 10.9. The van der Waals surface area contributed by atoms with E-state index in [0.717, 1.165) is 52.3 Å². The molecule has 34 heavy (non-hydrogen) atoms. The predicted octanol–water partition coefficient (Wildman–Crippen LogP) is 6.44. The molecule has 184 valence electrons. The average Bonchev–Trinajstić information content (AvgIpc) is 3.51. The van der Waals surface area contributed by atoms with Crippen molar-refractivity contribution in [3.8, 4) is 11.3 Å². The molecule has 0 bridgehead atoms. The van der Waals surface area contributed by atoms with E-state index in [2.05, 4.69) is 50.0 Å². The molecule has 2 N–H and O–H groups in total. The molecule has 6 nitrogen and oxygen atoms in total. The molecule has 3 aromatic rings. The number of nitrogens with one attached hydrogen (secondary N) is 1. The number of pyridine rings is 1. The lowest BCUT2D eigenvalue weighted by atomic mass is 10.1. The zero-order chi connectivity index (χ0) is 24.3. The summed E-state index contributed by atoms with van der Waals surface area (Å²) >= 11 is 10.2. The molecule has 0 amide bonds. The topological polar surface area (TPSA) is 80.3 Å². The number of aryl methyl sites for hydroxylation is 1. The van der Waals surface area contributed by atoms with Gasteiger partial charge in [-0.25, -0.2) is 9.37 Å². The summed E-state index contributed by atoms with van der Waals surface area (Å²) in [6.45, 7) is 5.46. The fourth-order valence-corrected chi connectivity index (χ4v) is 7.09. The first-order valence-electron chi connectivity index (χ1n) is 11.2. The number of alkyl halides is 1. The number of nitrogens with zero attached hydrogens (tertiary/aromatic N) is 2. The highest BCUT2D eigenvalue weighted by Gasteiger charge is 2.29. The molecule has 1 aliphatic carbocycles. The number of imidazole rings is 1. The number of rotatable bonds is 11. The number of thiophene rings is 1. The lowest BCUT2D eigenvalue weighted by Crippen LogP contribution is -2.29. The van der Waals surface area contributed by atoms with E-state index in [0.29, 0.717) is 24.5 Å². The number of fused-ring (bicyclic) bond motifs is 1. The maximum absolute atomic E-state index is 15.2. The molecule has 0 spiro atoms. The number of halogens is 3. The van der Waals surface area contributed by atoms with Gasteiger partial charge in [0.15, 0.2) is 12.1 Å². The number of aliphatic hydroxyl groups is 1. The Morgan fingerprint density at radius 3 is 2.91 bits per heavy atom. The molecule has 0 aromatic carbocycles. The zero-order valence-electron chi connectivity index (χ0n) is 19.1. The zero-order valence-corrected chi connectivity index (χ0v) is 23.3. The number of aliphatic hydroxyl groups excluding tert-OH is 1. The first kappa shape index (κ1) is 25.9. The number of aromatic amines is 1. The summed E-state index contributed by atoms with van der Waals surface area (Å²) in [5.41, 5.74) is 3.19. The number of H-pyrrole nitrogens is 1. The van der Waals surface area contributed by atoms with Crippen LogP contribution < -0.4 is 0 Å². The Morgan fingerprint density at radius 1 is 1.32 bits per heavy atom. The summed E-state index contributed by atoms with van der Waals surface area (Å²) in [6, 6.07) is 4.08. The third kappa shape index (κ3) is 5.97. The van der Waals surface area contributed by atoms with Gasteiger partial charge in [-0.15, -0.1) is 11.3 Å². The van der Waals surface area contributed by atoms with E-state index in [4.69, 9.17) is 21.1 Å². The van der Waals surface area contributed by atoms with Crippen molar-refractivity contribution in [3.05, 3.63) is 56.1 Å².